The van der Waals surface area contributed by atoms with Gasteiger partial charge in [-0.05, 0) is 54.1 Å². The third-order valence-electron chi connectivity index (χ3n) is 5.25. The van der Waals surface area contributed by atoms with Gasteiger partial charge in [0.05, 0.1) is 24.7 Å². The van der Waals surface area contributed by atoms with Gasteiger partial charge in [0.25, 0.3) is 5.91 Å². The summed E-state index contributed by atoms with van der Waals surface area (Å²) >= 11 is 0. The van der Waals surface area contributed by atoms with Crippen LogP contribution in [0.15, 0.2) is 78.9 Å². The fraction of sp³-hybridized carbons (Fsp3) is 0.0800. The number of nitrogens with zero attached hydrogens (tertiary/aromatic N) is 3. The number of halogens is 1. The van der Waals surface area contributed by atoms with Crippen molar-refractivity contribution in [1.29, 1.82) is 0 Å². The minimum Gasteiger partial charge on any atom is -0.497 e. The number of imidazole rings is 1. The van der Waals surface area contributed by atoms with E-state index in [-0.39, 0.29) is 5.91 Å². The van der Waals surface area contributed by atoms with Crippen LogP contribution in [0.2, 0.25) is 0 Å². The standard InChI is InChI=1S/C25H20FN5O2/c1-33-19-12-6-16(7-13-19)15-31-22(24-27-20-4-2-3-5-21(20)28-24)14-23(30-31)29-25(32)17-8-10-18(26)11-9-17/h2-14H,15H2,1H3,(H,27,28)(H,29,30,32). The molecule has 5 rings (SSSR count). The molecule has 5 aromatic rings. The van der Waals surface area contributed by atoms with Crippen LogP contribution in [0.1, 0.15) is 15.9 Å². The molecular formula is C25H20FN5O2. The first-order chi connectivity index (χ1) is 16.1. The fourth-order valence-electron chi connectivity index (χ4n) is 3.56. The Bertz CT molecular complexity index is 1390. The number of para-hydroxylation sites is 2. The zero-order valence-electron chi connectivity index (χ0n) is 17.7. The third-order valence-corrected chi connectivity index (χ3v) is 5.25. The highest BCUT2D eigenvalue weighted by Crippen LogP contribution is 2.25. The van der Waals surface area contributed by atoms with Gasteiger partial charge in [0, 0.05) is 11.6 Å². The molecule has 2 heterocycles. The van der Waals surface area contributed by atoms with Crippen molar-refractivity contribution in [3.63, 3.8) is 0 Å². The van der Waals surface area contributed by atoms with E-state index in [1.54, 1.807) is 17.9 Å². The first-order valence-electron chi connectivity index (χ1n) is 10.3. The van der Waals surface area contributed by atoms with Crippen LogP contribution in [0.4, 0.5) is 10.2 Å². The predicted molar refractivity (Wildman–Crippen MR) is 124 cm³/mol. The molecule has 0 atom stereocenters. The highest BCUT2D eigenvalue weighted by Gasteiger charge is 2.16. The Morgan fingerprint density at radius 3 is 2.55 bits per heavy atom. The number of fused-ring (bicyclic) bond motifs is 1. The largest absolute Gasteiger partial charge is 0.497 e. The summed E-state index contributed by atoms with van der Waals surface area (Å²) < 4.78 is 20.2. The average Bonchev–Trinajstić information content (AvgIpc) is 3.43. The SMILES string of the molecule is COc1ccc(Cn2nc(NC(=O)c3ccc(F)cc3)cc2-c2nc3ccccc3[nH]2)cc1. The normalized spacial score (nSPS) is 11.0. The number of carbonyl (C=O) groups is 1. The molecule has 2 aromatic heterocycles. The maximum Gasteiger partial charge on any atom is 0.256 e. The van der Waals surface area contributed by atoms with Crippen molar-refractivity contribution < 1.29 is 13.9 Å². The summed E-state index contributed by atoms with van der Waals surface area (Å²) in [5.41, 5.74) is 3.80. The van der Waals surface area contributed by atoms with Gasteiger partial charge in [0.1, 0.15) is 17.3 Å². The van der Waals surface area contributed by atoms with E-state index in [1.165, 1.54) is 24.3 Å². The number of nitrogens with one attached hydrogen (secondary N) is 2. The average molecular weight is 441 g/mol. The smallest absolute Gasteiger partial charge is 0.256 e. The molecule has 33 heavy (non-hydrogen) atoms. The second kappa shape index (κ2) is 8.58. The number of anilines is 1. The molecule has 0 aliphatic heterocycles. The molecule has 0 spiro atoms. The van der Waals surface area contributed by atoms with Gasteiger partial charge in [-0.25, -0.2) is 9.37 Å². The van der Waals surface area contributed by atoms with Gasteiger partial charge in [0.15, 0.2) is 11.6 Å². The van der Waals surface area contributed by atoms with Crippen LogP contribution >= 0.6 is 0 Å². The van der Waals surface area contributed by atoms with E-state index in [0.29, 0.717) is 23.8 Å². The number of aromatic amines is 1. The summed E-state index contributed by atoms with van der Waals surface area (Å²) in [6.45, 7) is 0.461. The molecule has 7 nitrogen and oxygen atoms in total. The Balaban J connectivity index is 1.50. The van der Waals surface area contributed by atoms with E-state index in [4.69, 9.17) is 4.74 Å². The van der Waals surface area contributed by atoms with Gasteiger partial charge in [-0.2, -0.15) is 5.10 Å². The van der Waals surface area contributed by atoms with Crippen molar-refractivity contribution in [2.75, 3.05) is 12.4 Å². The van der Waals surface area contributed by atoms with Crippen molar-refractivity contribution in [2.24, 2.45) is 0 Å². The van der Waals surface area contributed by atoms with E-state index in [9.17, 15) is 9.18 Å². The molecular weight excluding hydrogens is 421 g/mol. The molecule has 0 saturated heterocycles. The lowest BCUT2D eigenvalue weighted by molar-refractivity contribution is 0.102. The Morgan fingerprint density at radius 2 is 1.82 bits per heavy atom. The molecule has 8 heteroatoms. The van der Waals surface area contributed by atoms with Crippen molar-refractivity contribution >= 4 is 22.8 Å². The number of methoxy groups -OCH3 is 1. The number of hydrogen-bond acceptors (Lipinski definition) is 4. The highest BCUT2D eigenvalue weighted by atomic mass is 19.1. The Labute approximate surface area is 188 Å². The van der Waals surface area contributed by atoms with E-state index in [1.807, 2.05) is 48.5 Å². The maximum absolute atomic E-state index is 13.2. The Hall–Kier alpha value is -4.46. The van der Waals surface area contributed by atoms with Crippen molar-refractivity contribution in [3.8, 4) is 17.3 Å². The number of hydrogen-bond donors (Lipinski definition) is 2. The summed E-state index contributed by atoms with van der Waals surface area (Å²) in [4.78, 5) is 20.6. The number of carbonyl (C=O) groups excluding carboxylic acids is 1. The van der Waals surface area contributed by atoms with Gasteiger partial charge in [-0.15, -0.1) is 0 Å². The highest BCUT2D eigenvalue weighted by molar-refractivity contribution is 6.03. The second-order valence-electron chi connectivity index (χ2n) is 7.48. The molecule has 0 saturated carbocycles. The molecule has 164 valence electrons. The van der Waals surface area contributed by atoms with Gasteiger partial charge in [0.2, 0.25) is 0 Å². The second-order valence-corrected chi connectivity index (χ2v) is 7.48. The van der Waals surface area contributed by atoms with Gasteiger partial charge in [-0.3, -0.25) is 9.48 Å². The summed E-state index contributed by atoms with van der Waals surface area (Å²) in [6.07, 6.45) is 0. The molecule has 0 bridgehead atoms. The molecule has 0 radical (unpaired) electrons. The van der Waals surface area contributed by atoms with Crippen LogP contribution in [-0.2, 0) is 6.54 Å². The van der Waals surface area contributed by atoms with E-state index in [0.717, 1.165) is 28.0 Å². The minimum absolute atomic E-state index is 0.339. The van der Waals surface area contributed by atoms with Crippen molar-refractivity contribution in [1.82, 2.24) is 19.7 Å². The zero-order chi connectivity index (χ0) is 22.8. The summed E-state index contributed by atoms with van der Waals surface area (Å²) in [5.74, 6) is 1.000. The molecule has 0 aliphatic rings. The van der Waals surface area contributed by atoms with Crippen molar-refractivity contribution in [3.05, 3.63) is 95.8 Å². The van der Waals surface area contributed by atoms with Crippen molar-refractivity contribution in [2.45, 2.75) is 6.54 Å². The number of H-pyrrole nitrogens is 1. The molecule has 0 aliphatic carbocycles. The summed E-state index contributed by atoms with van der Waals surface area (Å²) in [6, 6.07) is 22.6. The van der Waals surface area contributed by atoms with Gasteiger partial charge >= 0.3 is 0 Å². The van der Waals surface area contributed by atoms with Crippen LogP contribution in [0.3, 0.4) is 0 Å². The topological polar surface area (TPSA) is 84.8 Å². The number of ether oxygens (including phenoxy) is 1. The first kappa shape index (κ1) is 20.4. The van der Waals surface area contributed by atoms with E-state index >= 15 is 0 Å². The fourth-order valence-corrected chi connectivity index (χ4v) is 3.56. The molecule has 2 N–H and O–H groups in total. The number of benzene rings is 3. The van der Waals surface area contributed by atoms with Crippen LogP contribution in [-0.4, -0.2) is 32.8 Å². The molecule has 1 amide bonds. The quantitative estimate of drug-likeness (QED) is 0.394. The predicted octanol–water partition coefficient (Wildman–Crippen LogP) is 4.87. The molecule has 0 fully saturated rings. The van der Waals surface area contributed by atoms with E-state index < -0.39 is 5.82 Å². The Kier molecular flexibility index (Phi) is 5.32. The Morgan fingerprint density at radius 1 is 1.06 bits per heavy atom. The lowest BCUT2D eigenvalue weighted by Gasteiger charge is -2.07. The van der Waals surface area contributed by atoms with Gasteiger partial charge < -0.3 is 15.0 Å². The summed E-state index contributed by atoms with van der Waals surface area (Å²) in [5, 5.41) is 7.39. The van der Waals surface area contributed by atoms with E-state index in [2.05, 4.69) is 20.4 Å². The van der Waals surface area contributed by atoms with Gasteiger partial charge in [-0.1, -0.05) is 24.3 Å². The minimum atomic E-state index is -0.400. The lowest BCUT2D eigenvalue weighted by atomic mass is 10.2. The number of aromatic nitrogens is 4. The van der Waals surface area contributed by atoms with Crippen LogP contribution in [0.25, 0.3) is 22.6 Å². The van der Waals surface area contributed by atoms with Crippen LogP contribution in [0, 0.1) is 5.82 Å². The first-order valence-corrected chi connectivity index (χ1v) is 10.3. The number of amides is 1. The monoisotopic (exact) mass is 441 g/mol. The molecule has 0 unspecified atom stereocenters. The maximum atomic E-state index is 13.2. The third kappa shape index (κ3) is 4.31. The lowest BCUT2D eigenvalue weighted by Crippen LogP contribution is -2.13. The van der Waals surface area contributed by atoms with Crippen LogP contribution in [0.5, 0.6) is 5.75 Å². The molecule has 3 aromatic carbocycles. The number of rotatable bonds is 6. The summed E-state index contributed by atoms with van der Waals surface area (Å²) in [7, 11) is 1.62. The van der Waals surface area contributed by atoms with Crippen LogP contribution < -0.4 is 10.1 Å². The zero-order valence-corrected chi connectivity index (χ0v) is 17.7.